The third-order valence-corrected chi connectivity index (χ3v) is 10.6. The second kappa shape index (κ2) is 8.33. The molecule has 4 aliphatic rings. The first kappa shape index (κ1) is 21.9. The standard InChI is InChI=1S/C28H48O/c1-19(2)8-7-9-20(3)24-12-13-25-23-11-10-21-18-22(29-6)14-16-27(21,4)26(23)15-17-28(24,25)5/h10,19-20,22-26H,7-9,11-18H2,1-6H3/t20?,22-,23?,24?,25?,26?,27?,28?/m1/s1. The van der Waals surface area contributed by atoms with Crippen LogP contribution in [0.3, 0.4) is 0 Å². The molecule has 166 valence electrons. The lowest BCUT2D eigenvalue weighted by molar-refractivity contribution is -0.0601. The largest absolute Gasteiger partial charge is 0.381 e. The molecule has 0 aromatic rings. The lowest BCUT2D eigenvalue weighted by Crippen LogP contribution is -2.50. The molecular weight excluding hydrogens is 352 g/mol. The van der Waals surface area contributed by atoms with Crippen molar-refractivity contribution in [2.24, 2.45) is 46.3 Å². The summed E-state index contributed by atoms with van der Waals surface area (Å²) < 4.78 is 5.75. The molecule has 4 rings (SSSR count). The number of hydrogen-bond donors (Lipinski definition) is 0. The van der Waals surface area contributed by atoms with E-state index < -0.39 is 0 Å². The van der Waals surface area contributed by atoms with Crippen LogP contribution in [0.2, 0.25) is 0 Å². The number of methoxy groups -OCH3 is 1. The Bertz CT molecular complexity index is 605. The molecule has 8 atom stereocenters. The molecule has 3 fully saturated rings. The van der Waals surface area contributed by atoms with Crippen LogP contribution in [0, 0.1) is 46.3 Å². The van der Waals surface area contributed by atoms with E-state index in [1.54, 1.807) is 5.57 Å². The van der Waals surface area contributed by atoms with Crippen LogP contribution in [0.4, 0.5) is 0 Å². The normalized spacial score (nSPS) is 45.3. The predicted molar refractivity (Wildman–Crippen MR) is 124 cm³/mol. The van der Waals surface area contributed by atoms with Crippen LogP contribution >= 0.6 is 0 Å². The minimum atomic E-state index is 0.472. The number of rotatable bonds is 6. The summed E-state index contributed by atoms with van der Waals surface area (Å²) in [5.41, 5.74) is 2.85. The summed E-state index contributed by atoms with van der Waals surface area (Å²) in [4.78, 5) is 0. The summed E-state index contributed by atoms with van der Waals surface area (Å²) in [5.74, 6) is 5.63. The van der Waals surface area contributed by atoms with Gasteiger partial charge in [-0.05, 0) is 97.7 Å². The van der Waals surface area contributed by atoms with E-state index in [0.717, 1.165) is 35.5 Å². The lowest BCUT2D eigenvalue weighted by Gasteiger charge is -2.58. The first-order valence-electron chi connectivity index (χ1n) is 13.0. The molecular formula is C28H48O. The average Bonchev–Trinajstić information content (AvgIpc) is 3.04. The van der Waals surface area contributed by atoms with Crippen molar-refractivity contribution in [1.29, 1.82) is 0 Å². The van der Waals surface area contributed by atoms with E-state index in [9.17, 15) is 0 Å². The fraction of sp³-hybridized carbons (Fsp3) is 0.929. The highest BCUT2D eigenvalue weighted by Crippen LogP contribution is 2.67. The van der Waals surface area contributed by atoms with Gasteiger partial charge in [0.25, 0.3) is 0 Å². The summed E-state index contributed by atoms with van der Waals surface area (Å²) in [6.45, 7) is 12.7. The zero-order chi connectivity index (χ0) is 20.8. The molecule has 3 saturated carbocycles. The van der Waals surface area contributed by atoms with Gasteiger partial charge in [0.05, 0.1) is 6.10 Å². The van der Waals surface area contributed by atoms with Gasteiger partial charge < -0.3 is 4.74 Å². The molecule has 0 spiro atoms. The van der Waals surface area contributed by atoms with E-state index >= 15 is 0 Å². The number of allylic oxidation sites excluding steroid dienone is 1. The van der Waals surface area contributed by atoms with Gasteiger partial charge in [-0.3, -0.25) is 0 Å². The Morgan fingerprint density at radius 3 is 2.52 bits per heavy atom. The summed E-state index contributed by atoms with van der Waals surface area (Å²) >= 11 is 0. The van der Waals surface area contributed by atoms with E-state index in [4.69, 9.17) is 4.74 Å². The van der Waals surface area contributed by atoms with Crippen molar-refractivity contribution in [2.45, 2.75) is 111 Å². The molecule has 0 heterocycles. The highest BCUT2D eigenvalue weighted by molar-refractivity contribution is 5.25. The maximum atomic E-state index is 5.75. The van der Waals surface area contributed by atoms with Crippen molar-refractivity contribution in [1.82, 2.24) is 0 Å². The van der Waals surface area contributed by atoms with Crippen LogP contribution in [-0.4, -0.2) is 13.2 Å². The molecule has 0 saturated heterocycles. The van der Waals surface area contributed by atoms with Crippen molar-refractivity contribution < 1.29 is 4.74 Å². The van der Waals surface area contributed by atoms with E-state index in [0.29, 0.717) is 16.9 Å². The summed E-state index contributed by atoms with van der Waals surface area (Å²) in [7, 11) is 1.91. The molecule has 4 aliphatic carbocycles. The molecule has 0 aromatic heterocycles. The maximum Gasteiger partial charge on any atom is 0.0608 e. The maximum absolute atomic E-state index is 5.75. The predicted octanol–water partition coefficient (Wildman–Crippen LogP) is 8.04. The van der Waals surface area contributed by atoms with Crippen molar-refractivity contribution in [3.8, 4) is 0 Å². The quantitative estimate of drug-likeness (QED) is 0.410. The van der Waals surface area contributed by atoms with Crippen LogP contribution < -0.4 is 0 Å². The molecule has 0 bridgehead atoms. The zero-order valence-electron chi connectivity index (χ0n) is 20.3. The smallest absolute Gasteiger partial charge is 0.0608 e. The highest BCUT2D eigenvalue weighted by atomic mass is 16.5. The monoisotopic (exact) mass is 400 g/mol. The van der Waals surface area contributed by atoms with Gasteiger partial charge in [-0.25, -0.2) is 0 Å². The fourth-order valence-electron chi connectivity index (χ4n) is 8.85. The van der Waals surface area contributed by atoms with Crippen LogP contribution in [-0.2, 0) is 4.74 Å². The van der Waals surface area contributed by atoms with Gasteiger partial charge in [0.15, 0.2) is 0 Å². The average molecular weight is 401 g/mol. The van der Waals surface area contributed by atoms with Crippen LogP contribution in [0.5, 0.6) is 0 Å². The first-order valence-corrected chi connectivity index (χ1v) is 13.0. The highest BCUT2D eigenvalue weighted by Gasteiger charge is 2.59. The summed E-state index contributed by atoms with van der Waals surface area (Å²) in [6, 6.07) is 0. The summed E-state index contributed by atoms with van der Waals surface area (Å²) in [5, 5.41) is 0. The number of fused-ring (bicyclic) bond motifs is 5. The Morgan fingerprint density at radius 2 is 1.79 bits per heavy atom. The first-order chi connectivity index (χ1) is 13.8. The molecule has 29 heavy (non-hydrogen) atoms. The Labute approximate surface area is 181 Å². The third-order valence-electron chi connectivity index (χ3n) is 10.6. The fourth-order valence-corrected chi connectivity index (χ4v) is 8.85. The minimum absolute atomic E-state index is 0.472. The van der Waals surface area contributed by atoms with E-state index in [-0.39, 0.29) is 0 Å². The Hall–Kier alpha value is -0.300. The van der Waals surface area contributed by atoms with Crippen LogP contribution in [0.1, 0.15) is 105 Å². The molecule has 1 nitrogen and oxygen atoms in total. The van der Waals surface area contributed by atoms with Gasteiger partial charge >= 0.3 is 0 Å². The third kappa shape index (κ3) is 3.77. The Kier molecular flexibility index (Phi) is 6.29. The van der Waals surface area contributed by atoms with Gasteiger partial charge in [0.1, 0.15) is 0 Å². The Balaban J connectivity index is 1.48. The SMILES string of the molecule is CO[C@@H]1CCC2(C)C(=CCC3C2CCC2(C)C(C(C)CCCC(C)C)CCC32)C1. The second-order valence-corrected chi connectivity index (χ2v) is 12.4. The number of ether oxygens (including phenoxy) is 1. The number of hydrogen-bond acceptors (Lipinski definition) is 1. The van der Waals surface area contributed by atoms with Crippen LogP contribution in [0.25, 0.3) is 0 Å². The lowest BCUT2D eigenvalue weighted by atomic mass is 9.47. The van der Waals surface area contributed by atoms with Gasteiger partial charge in [-0.1, -0.05) is 65.5 Å². The van der Waals surface area contributed by atoms with Crippen molar-refractivity contribution in [3.63, 3.8) is 0 Å². The van der Waals surface area contributed by atoms with Crippen molar-refractivity contribution >= 4 is 0 Å². The molecule has 0 aromatic carbocycles. The van der Waals surface area contributed by atoms with E-state index in [1.165, 1.54) is 70.6 Å². The van der Waals surface area contributed by atoms with Gasteiger partial charge in [-0.2, -0.15) is 0 Å². The molecule has 7 unspecified atom stereocenters. The topological polar surface area (TPSA) is 9.23 Å². The summed E-state index contributed by atoms with van der Waals surface area (Å²) in [6.07, 6.45) is 18.7. The zero-order valence-corrected chi connectivity index (χ0v) is 20.3. The van der Waals surface area contributed by atoms with Gasteiger partial charge in [-0.15, -0.1) is 0 Å². The minimum Gasteiger partial charge on any atom is -0.381 e. The molecule has 0 amide bonds. The second-order valence-electron chi connectivity index (χ2n) is 12.4. The van der Waals surface area contributed by atoms with Crippen molar-refractivity contribution in [2.75, 3.05) is 7.11 Å². The van der Waals surface area contributed by atoms with E-state index in [2.05, 4.69) is 40.7 Å². The van der Waals surface area contributed by atoms with Gasteiger partial charge in [0.2, 0.25) is 0 Å². The molecule has 0 aliphatic heterocycles. The van der Waals surface area contributed by atoms with Crippen molar-refractivity contribution in [3.05, 3.63) is 11.6 Å². The molecule has 0 radical (unpaired) electrons. The van der Waals surface area contributed by atoms with E-state index in [1.807, 2.05) is 7.11 Å². The molecule has 1 heteroatoms. The van der Waals surface area contributed by atoms with Crippen LogP contribution in [0.15, 0.2) is 11.6 Å². The van der Waals surface area contributed by atoms with Gasteiger partial charge in [0, 0.05) is 7.11 Å². The molecule has 0 N–H and O–H groups in total. The Morgan fingerprint density at radius 1 is 1.00 bits per heavy atom.